The van der Waals surface area contributed by atoms with E-state index >= 15 is 0 Å². The molecule has 0 spiro atoms. The summed E-state index contributed by atoms with van der Waals surface area (Å²) in [5.41, 5.74) is 7.02. The summed E-state index contributed by atoms with van der Waals surface area (Å²) in [7, 11) is 0. The van der Waals surface area contributed by atoms with Gasteiger partial charge in [0.1, 0.15) is 13.2 Å². The van der Waals surface area contributed by atoms with Crippen molar-refractivity contribution >= 4 is 5.95 Å². The van der Waals surface area contributed by atoms with E-state index in [0.717, 1.165) is 5.56 Å². The Morgan fingerprint density at radius 2 is 1.57 bits per heavy atom. The van der Waals surface area contributed by atoms with E-state index in [1.807, 2.05) is 18.2 Å². The lowest BCUT2D eigenvalue weighted by atomic mass is 10.1. The average Bonchev–Trinajstić information content (AvgIpc) is 2.55. The number of hydrogen-bond acceptors (Lipinski definition) is 8. The minimum absolute atomic E-state index is 0.123. The van der Waals surface area contributed by atoms with Crippen LogP contribution >= 0.6 is 0 Å². The van der Waals surface area contributed by atoms with Crippen molar-refractivity contribution in [2.45, 2.75) is 0 Å². The van der Waals surface area contributed by atoms with Gasteiger partial charge in [0.2, 0.25) is 5.95 Å². The molecule has 0 fully saturated rings. The lowest BCUT2D eigenvalue weighted by Crippen LogP contribution is -2.15. The molecule has 2 aromatic rings. The molecule has 8 nitrogen and oxygen atoms in total. The maximum absolute atomic E-state index is 5.77. The van der Waals surface area contributed by atoms with Gasteiger partial charge in [-0.15, -0.1) is 5.10 Å². The number of anilines is 1. The topological polar surface area (TPSA) is 102 Å². The van der Waals surface area contributed by atoms with Crippen LogP contribution in [0.1, 0.15) is 0 Å². The highest BCUT2D eigenvalue weighted by Gasteiger charge is 2.10. The molecule has 2 N–H and O–H groups in total. The van der Waals surface area contributed by atoms with Crippen molar-refractivity contribution in [3.63, 3.8) is 0 Å². The molecule has 0 atom stereocenters. The molecule has 2 heterocycles. The van der Waals surface area contributed by atoms with E-state index < -0.39 is 0 Å². The smallest absolute Gasteiger partial charge is 0.240 e. The van der Waals surface area contributed by atoms with Crippen LogP contribution in [0, 0.1) is 0 Å². The van der Waals surface area contributed by atoms with Crippen LogP contribution in [-0.2, 0) is 9.47 Å². The first kappa shape index (κ1) is 15.4. The Bertz CT molecular complexity index is 653. The van der Waals surface area contributed by atoms with E-state index in [4.69, 9.17) is 24.7 Å². The van der Waals surface area contributed by atoms with Crippen LogP contribution in [0.5, 0.6) is 11.5 Å². The van der Waals surface area contributed by atoms with Crippen LogP contribution in [0.2, 0.25) is 0 Å². The van der Waals surface area contributed by atoms with Crippen LogP contribution in [0.25, 0.3) is 11.3 Å². The second-order valence-electron chi connectivity index (χ2n) is 4.78. The van der Waals surface area contributed by atoms with Gasteiger partial charge in [0.05, 0.1) is 38.3 Å². The molecule has 0 amide bonds. The molecule has 0 bridgehead atoms. The molecule has 1 aliphatic heterocycles. The largest absolute Gasteiger partial charge is 0.487 e. The second-order valence-corrected chi connectivity index (χ2v) is 4.78. The molecular formula is C15H18N4O4. The molecule has 1 aromatic heterocycles. The van der Waals surface area contributed by atoms with Gasteiger partial charge >= 0.3 is 0 Å². The summed E-state index contributed by atoms with van der Waals surface area (Å²) in [4.78, 5) is 4.16. The van der Waals surface area contributed by atoms with Gasteiger partial charge in [-0.2, -0.15) is 5.10 Å². The van der Waals surface area contributed by atoms with Crippen molar-refractivity contribution in [1.29, 1.82) is 0 Å². The van der Waals surface area contributed by atoms with Gasteiger partial charge < -0.3 is 24.7 Å². The van der Waals surface area contributed by atoms with Crippen LogP contribution in [-0.4, -0.2) is 54.8 Å². The van der Waals surface area contributed by atoms with Crippen molar-refractivity contribution in [1.82, 2.24) is 15.2 Å². The second kappa shape index (κ2) is 7.70. The van der Waals surface area contributed by atoms with E-state index in [-0.39, 0.29) is 5.95 Å². The highest BCUT2D eigenvalue weighted by molar-refractivity contribution is 5.63. The van der Waals surface area contributed by atoms with E-state index in [1.165, 1.54) is 0 Å². The maximum Gasteiger partial charge on any atom is 0.240 e. The van der Waals surface area contributed by atoms with Crippen LogP contribution in [0.15, 0.2) is 24.4 Å². The monoisotopic (exact) mass is 318 g/mol. The molecule has 8 heteroatoms. The number of ether oxygens (including phenoxy) is 4. The third-order valence-electron chi connectivity index (χ3n) is 3.16. The quantitative estimate of drug-likeness (QED) is 0.828. The zero-order valence-corrected chi connectivity index (χ0v) is 12.6. The van der Waals surface area contributed by atoms with Crippen LogP contribution < -0.4 is 15.2 Å². The van der Waals surface area contributed by atoms with Gasteiger partial charge in [0.15, 0.2) is 11.5 Å². The van der Waals surface area contributed by atoms with Gasteiger partial charge in [0.25, 0.3) is 0 Å². The van der Waals surface area contributed by atoms with Gasteiger partial charge in [-0.3, -0.25) is 0 Å². The summed E-state index contributed by atoms with van der Waals surface area (Å²) in [5.74, 6) is 1.38. The fourth-order valence-electron chi connectivity index (χ4n) is 2.10. The Hall–Kier alpha value is -2.45. The molecule has 0 unspecified atom stereocenters. The van der Waals surface area contributed by atoms with Crippen molar-refractivity contribution < 1.29 is 18.9 Å². The van der Waals surface area contributed by atoms with Crippen molar-refractivity contribution in [3.05, 3.63) is 24.4 Å². The summed E-state index contributed by atoms with van der Waals surface area (Å²) in [6.07, 6.45) is 1.55. The predicted molar refractivity (Wildman–Crippen MR) is 82.3 cm³/mol. The summed E-state index contributed by atoms with van der Waals surface area (Å²) in [6.45, 7) is 2.94. The number of nitrogens with zero attached hydrogens (tertiary/aromatic N) is 3. The molecule has 0 saturated carbocycles. The van der Waals surface area contributed by atoms with E-state index in [0.29, 0.717) is 56.8 Å². The zero-order valence-electron chi connectivity index (χ0n) is 12.6. The normalized spacial score (nSPS) is 16.2. The minimum Gasteiger partial charge on any atom is -0.487 e. The van der Waals surface area contributed by atoms with E-state index in [1.54, 1.807) is 6.20 Å². The summed E-state index contributed by atoms with van der Waals surface area (Å²) in [6, 6.07) is 5.54. The third-order valence-corrected chi connectivity index (χ3v) is 3.16. The average molecular weight is 318 g/mol. The minimum atomic E-state index is 0.123. The van der Waals surface area contributed by atoms with Crippen molar-refractivity contribution in [2.75, 3.05) is 45.4 Å². The van der Waals surface area contributed by atoms with Crippen molar-refractivity contribution in [2.24, 2.45) is 0 Å². The Kier molecular flexibility index (Phi) is 5.17. The standard InChI is InChI=1S/C15H18N4O4/c16-15-18-12(10-17-19-15)11-1-2-13-14(9-11)23-8-6-21-4-3-20-5-7-22-13/h1-2,9-10H,3-8H2,(H2,16,18,19). The molecule has 0 aliphatic carbocycles. The predicted octanol–water partition coefficient (Wildman–Crippen LogP) is 0.925. The highest BCUT2D eigenvalue weighted by Crippen LogP contribution is 2.32. The van der Waals surface area contributed by atoms with Gasteiger partial charge in [0, 0.05) is 5.56 Å². The number of nitrogens with two attached hydrogens (primary N) is 1. The molecule has 23 heavy (non-hydrogen) atoms. The Balaban J connectivity index is 1.84. The molecule has 0 radical (unpaired) electrons. The summed E-state index contributed by atoms with van der Waals surface area (Å²) < 4.78 is 22.3. The van der Waals surface area contributed by atoms with Crippen molar-refractivity contribution in [3.8, 4) is 22.8 Å². The molecule has 0 saturated heterocycles. The van der Waals surface area contributed by atoms with Gasteiger partial charge in [-0.1, -0.05) is 0 Å². The summed E-state index contributed by atoms with van der Waals surface area (Å²) >= 11 is 0. The number of benzene rings is 1. The Morgan fingerprint density at radius 3 is 2.30 bits per heavy atom. The Morgan fingerprint density at radius 1 is 0.870 bits per heavy atom. The highest BCUT2D eigenvalue weighted by atomic mass is 16.6. The fraction of sp³-hybridized carbons (Fsp3) is 0.400. The maximum atomic E-state index is 5.77. The lowest BCUT2D eigenvalue weighted by molar-refractivity contribution is 0.0223. The first-order valence-electron chi connectivity index (χ1n) is 7.33. The van der Waals surface area contributed by atoms with Gasteiger partial charge in [-0.25, -0.2) is 4.98 Å². The number of hydrogen-bond donors (Lipinski definition) is 1. The SMILES string of the molecule is Nc1nncc(-c2ccc3c(c2)OCCOCCOCCO3)n1. The summed E-state index contributed by atoms with van der Waals surface area (Å²) in [5, 5.41) is 7.46. The number of aromatic nitrogens is 3. The van der Waals surface area contributed by atoms with Crippen LogP contribution in [0.4, 0.5) is 5.95 Å². The van der Waals surface area contributed by atoms with Crippen LogP contribution in [0.3, 0.4) is 0 Å². The molecular weight excluding hydrogens is 300 g/mol. The number of fused-ring (bicyclic) bond motifs is 1. The first-order chi connectivity index (χ1) is 11.3. The number of nitrogen functional groups attached to an aromatic ring is 1. The molecule has 122 valence electrons. The first-order valence-corrected chi connectivity index (χ1v) is 7.33. The third kappa shape index (κ3) is 4.27. The molecule has 3 rings (SSSR count). The van der Waals surface area contributed by atoms with E-state index in [9.17, 15) is 0 Å². The molecule has 1 aromatic carbocycles. The molecule has 1 aliphatic rings. The van der Waals surface area contributed by atoms with E-state index in [2.05, 4.69) is 15.2 Å². The lowest BCUT2D eigenvalue weighted by Gasteiger charge is -2.15. The number of rotatable bonds is 1. The van der Waals surface area contributed by atoms with Gasteiger partial charge in [-0.05, 0) is 18.2 Å². The Labute approximate surface area is 133 Å². The fourth-order valence-corrected chi connectivity index (χ4v) is 2.10. The zero-order chi connectivity index (χ0) is 15.9.